The Hall–Kier alpha value is -11.0. The third-order valence-corrected chi connectivity index (χ3v) is 17.9. The van der Waals surface area contributed by atoms with Gasteiger partial charge in [-0.25, -0.2) is 0 Å². The first kappa shape index (κ1) is 52.5. The Bertz CT molecular complexity index is 4600. The third kappa shape index (κ3) is 8.88. The molecule has 88 heavy (non-hydrogen) atoms. The van der Waals surface area contributed by atoms with Crippen LogP contribution >= 0.6 is 0 Å². The molecule has 13 aromatic rings. The van der Waals surface area contributed by atoms with E-state index in [1.807, 2.05) is 0 Å². The lowest BCUT2D eigenvalue weighted by Crippen LogP contribution is -2.63. The van der Waals surface area contributed by atoms with Crippen molar-refractivity contribution in [1.29, 1.82) is 0 Å². The molecule has 416 valence electrons. The maximum Gasteiger partial charge on any atom is 0.256 e. The summed E-state index contributed by atoms with van der Waals surface area (Å²) in [4.78, 5) is 9.90. The van der Waals surface area contributed by atoms with Crippen LogP contribution < -0.4 is 57.1 Å². The van der Waals surface area contributed by atoms with Crippen molar-refractivity contribution in [3.05, 3.63) is 326 Å². The third-order valence-electron chi connectivity index (χ3n) is 17.9. The van der Waals surface area contributed by atoms with Gasteiger partial charge in [-0.15, -0.1) is 0 Å². The monoisotopic (exact) mass is 1130 g/mol. The summed E-state index contributed by atoms with van der Waals surface area (Å²) in [7, 11) is 0. The van der Waals surface area contributed by atoms with Crippen LogP contribution in [0.4, 0.5) is 68.2 Å². The SMILES string of the molecule is Cc1cc(C)c(N2c3cc4c(cc3B3c5ccccc5Oc5cc(N(c6ccccc6)c6ccccc6)cc2c53)B(c2c(-c3ccccc3)cccc2-c2ccccc2)c2ccc(N(c3ccccc3)c3ccccc3)cc2N4c2ccccc2)c(C)c1. The lowest BCUT2D eigenvalue weighted by atomic mass is 9.30. The number of ether oxygens (including phenoxy) is 1. The molecule has 0 radical (unpaired) electrons. The molecule has 7 heteroatoms. The fourth-order valence-electron chi connectivity index (χ4n) is 14.4. The van der Waals surface area contributed by atoms with Gasteiger partial charge in [0.1, 0.15) is 11.5 Å². The highest BCUT2D eigenvalue weighted by molar-refractivity contribution is 7.02. The van der Waals surface area contributed by atoms with Gasteiger partial charge < -0.3 is 24.3 Å². The number of anilines is 12. The molecule has 0 amide bonds. The molecule has 0 N–H and O–H groups in total. The summed E-state index contributed by atoms with van der Waals surface area (Å²) >= 11 is 0. The zero-order chi connectivity index (χ0) is 58.8. The van der Waals surface area contributed by atoms with E-state index in [0.717, 1.165) is 90.7 Å². The quantitative estimate of drug-likeness (QED) is 0.120. The Balaban J connectivity index is 1.05. The minimum absolute atomic E-state index is 0.202. The number of aryl methyl sites for hydroxylation is 3. The summed E-state index contributed by atoms with van der Waals surface area (Å²) < 4.78 is 7.35. The normalized spacial score (nSPS) is 12.5. The average molecular weight is 1130 g/mol. The molecule has 5 nitrogen and oxygen atoms in total. The van der Waals surface area contributed by atoms with Crippen molar-refractivity contribution in [3.8, 4) is 33.8 Å². The van der Waals surface area contributed by atoms with Crippen LogP contribution in [-0.4, -0.2) is 13.4 Å². The van der Waals surface area contributed by atoms with Crippen LogP contribution in [0.1, 0.15) is 16.7 Å². The summed E-state index contributed by atoms with van der Waals surface area (Å²) in [6.07, 6.45) is 0. The van der Waals surface area contributed by atoms with Gasteiger partial charge in [0.15, 0.2) is 0 Å². The molecule has 16 rings (SSSR count). The number of benzene rings is 13. The molecule has 3 aliphatic rings. The maximum absolute atomic E-state index is 7.35. The largest absolute Gasteiger partial charge is 0.458 e. The Morgan fingerprint density at radius 1 is 0.295 bits per heavy atom. The van der Waals surface area contributed by atoms with Crippen LogP contribution in [0.5, 0.6) is 11.5 Å². The fourth-order valence-corrected chi connectivity index (χ4v) is 14.4. The van der Waals surface area contributed by atoms with Gasteiger partial charge in [0.2, 0.25) is 6.71 Å². The zero-order valence-corrected chi connectivity index (χ0v) is 49.3. The molecular weight excluding hydrogens is 1070 g/mol. The summed E-state index contributed by atoms with van der Waals surface area (Å²) in [5.74, 6) is 1.70. The zero-order valence-electron chi connectivity index (χ0n) is 49.3. The number of nitrogens with zero attached hydrogens (tertiary/aromatic N) is 4. The molecule has 0 saturated carbocycles. The van der Waals surface area contributed by atoms with Gasteiger partial charge >= 0.3 is 0 Å². The standard InChI is InChI=1S/C81H60B2N4O/c1-55-48-56(2)81(57(3)49-55)87-75-54-74-71(53-72(75)83-70-44-25-26-45-77(70)88-78-52-66(51-76(87)80(78)83)85(62-36-19-8-20-37-62)63-38-21-9-22-39-63)82(79-67(58-28-11-4-12-29-58)42-27-43-68(79)59-30-13-5-14-31-59)69-47-46-65(50-73(69)86(74)64-40-23-10-24-41-64)84(60-32-15-6-16-33-60)61-34-17-7-18-35-61/h4-54H,1-3H3. The van der Waals surface area contributed by atoms with E-state index >= 15 is 0 Å². The summed E-state index contributed by atoms with van der Waals surface area (Å²) in [6, 6.07) is 113. The second-order valence-electron chi connectivity index (χ2n) is 23.4. The topological polar surface area (TPSA) is 22.2 Å². The highest BCUT2D eigenvalue weighted by Crippen LogP contribution is 2.50. The van der Waals surface area contributed by atoms with E-state index in [2.05, 4.69) is 350 Å². The van der Waals surface area contributed by atoms with Crippen molar-refractivity contribution in [3.63, 3.8) is 0 Å². The van der Waals surface area contributed by atoms with E-state index in [4.69, 9.17) is 4.74 Å². The minimum atomic E-state index is -0.266. The molecule has 0 atom stereocenters. The smallest absolute Gasteiger partial charge is 0.256 e. The Morgan fingerprint density at radius 2 is 0.739 bits per heavy atom. The molecule has 0 aromatic heterocycles. The molecular formula is C81H60B2N4O. The first-order chi connectivity index (χ1) is 43.4. The summed E-state index contributed by atoms with van der Waals surface area (Å²) in [5, 5.41) is 0. The lowest BCUT2D eigenvalue weighted by molar-refractivity contribution is 0.487. The maximum atomic E-state index is 7.35. The first-order valence-corrected chi connectivity index (χ1v) is 30.5. The number of para-hydroxylation sites is 6. The van der Waals surface area contributed by atoms with Gasteiger partial charge in [-0.3, -0.25) is 0 Å². The van der Waals surface area contributed by atoms with Crippen molar-refractivity contribution < 1.29 is 4.74 Å². The molecule has 3 aliphatic heterocycles. The van der Waals surface area contributed by atoms with Crippen LogP contribution in [0.3, 0.4) is 0 Å². The molecule has 13 aromatic carbocycles. The summed E-state index contributed by atoms with van der Waals surface area (Å²) in [5.41, 5.74) is 28.5. The predicted octanol–water partition coefficient (Wildman–Crippen LogP) is 17.6. The molecule has 0 saturated heterocycles. The van der Waals surface area contributed by atoms with Crippen molar-refractivity contribution in [1.82, 2.24) is 0 Å². The Morgan fingerprint density at radius 3 is 1.28 bits per heavy atom. The Labute approximate surface area is 516 Å². The Kier molecular flexibility index (Phi) is 13.0. The van der Waals surface area contributed by atoms with Gasteiger partial charge in [-0.05, 0) is 172 Å². The van der Waals surface area contributed by atoms with Crippen LogP contribution in [-0.2, 0) is 0 Å². The van der Waals surface area contributed by atoms with E-state index < -0.39 is 0 Å². The second kappa shape index (κ2) is 21.8. The number of hydrogen-bond acceptors (Lipinski definition) is 5. The highest BCUT2D eigenvalue weighted by atomic mass is 16.5. The van der Waals surface area contributed by atoms with Crippen molar-refractivity contribution in [2.24, 2.45) is 0 Å². The average Bonchev–Trinajstić information content (AvgIpc) is 0.713. The van der Waals surface area contributed by atoms with E-state index in [1.54, 1.807) is 0 Å². The summed E-state index contributed by atoms with van der Waals surface area (Å²) in [6.45, 7) is 6.30. The van der Waals surface area contributed by atoms with E-state index in [1.165, 1.54) is 60.8 Å². The van der Waals surface area contributed by atoms with Crippen LogP contribution in [0.15, 0.2) is 309 Å². The van der Waals surface area contributed by atoms with Gasteiger partial charge in [-0.2, -0.15) is 0 Å². The van der Waals surface area contributed by atoms with Crippen molar-refractivity contribution in [2.75, 3.05) is 19.6 Å². The molecule has 0 fully saturated rings. The van der Waals surface area contributed by atoms with Crippen molar-refractivity contribution in [2.45, 2.75) is 20.8 Å². The van der Waals surface area contributed by atoms with Crippen LogP contribution in [0.25, 0.3) is 22.3 Å². The van der Waals surface area contributed by atoms with Gasteiger partial charge in [-0.1, -0.05) is 223 Å². The molecule has 0 unspecified atom stereocenters. The number of rotatable bonds is 11. The molecule has 0 spiro atoms. The lowest BCUT2D eigenvalue weighted by Gasteiger charge is -2.44. The first-order valence-electron chi connectivity index (χ1n) is 30.5. The molecule has 0 bridgehead atoms. The highest BCUT2D eigenvalue weighted by Gasteiger charge is 2.47. The van der Waals surface area contributed by atoms with E-state index in [0.29, 0.717) is 0 Å². The molecule has 3 heterocycles. The van der Waals surface area contributed by atoms with Crippen molar-refractivity contribution >= 4 is 114 Å². The number of hydrogen-bond donors (Lipinski definition) is 0. The predicted molar refractivity (Wildman–Crippen MR) is 373 cm³/mol. The second-order valence-corrected chi connectivity index (χ2v) is 23.4. The number of fused-ring (bicyclic) bond motifs is 6. The van der Waals surface area contributed by atoms with Gasteiger partial charge in [0.25, 0.3) is 6.71 Å². The van der Waals surface area contributed by atoms with Gasteiger partial charge in [0.05, 0.1) is 11.4 Å². The fraction of sp³-hybridized carbons (Fsp3) is 0.0370. The molecule has 0 aliphatic carbocycles. The van der Waals surface area contributed by atoms with Crippen LogP contribution in [0.2, 0.25) is 0 Å². The van der Waals surface area contributed by atoms with Gasteiger partial charge in [0, 0.05) is 62.9 Å². The van der Waals surface area contributed by atoms with Crippen LogP contribution in [0, 0.1) is 20.8 Å². The van der Waals surface area contributed by atoms with E-state index in [9.17, 15) is 0 Å². The van der Waals surface area contributed by atoms with E-state index in [-0.39, 0.29) is 13.4 Å². The minimum Gasteiger partial charge on any atom is -0.458 e.